The predicted molar refractivity (Wildman–Crippen MR) is 76.5 cm³/mol. The predicted octanol–water partition coefficient (Wildman–Crippen LogP) is 2.55. The summed E-state index contributed by atoms with van der Waals surface area (Å²) in [5, 5.41) is 3.53. The number of benzene rings is 1. The summed E-state index contributed by atoms with van der Waals surface area (Å²) in [4.78, 5) is 14.6. The zero-order chi connectivity index (χ0) is 13.2. The van der Waals surface area contributed by atoms with Crippen molar-refractivity contribution in [2.75, 3.05) is 19.6 Å². The van der Waals surface area contributed by atoms with E-state index in [4.69, 9.17) is 11.6 Å². The largest absolute Gasteiger partial charge is 0.352 e. The Morgan fingerprint density at radius 2 is 2.11 bits per heavy atom. The Bertz CT molecular complexity index is 473. The van der Waals surface area contributed by atoms with E-state index in [9.17, 15) is 4.79 Å². The number of halogens is 1. The highest BCUT2D eigenvalue weighted by Gasteiger charge is 2.34. The van der Waals surface area contributed by atoms with Crippen molar-refractivity contribution in [2.24, 2.45) is 5.92 Å². The van der Waals surface area contributed by atoms with Crippen LogP contribution in [-0.4, -0.2) is 36.5 Å². The van der Waals surface area contributed by atoms with Crippen molar-refractivity contribution >= 4 is 17.5 Å². The summed E-state index contributed by atoms with van der Waals surface area (Å²) < 4.78 is 0. The summed E-state index contributed by atoms with van der Waals surface area (Å²) in [5.74, 6) is 0.530. The second-order valence-corrected chi connectivity index (χ2v) is 5.98. The van der Waals surface area contributed by atoms with Gasteiger partial charge in [0.25, 0.3) is 5.91 Å². The highest BCUT2D eigenvalue weighted by Crippen LogP contribution is 2.31. The van der Waals surface area contributed by atoms with Crippen LogP contribution in [0.4, 0.5) is 0 Å². The number of hydrogen-bond acceptors (Lipinski definition) is 2. The number of carbonyl (C=O) groups is 1. The standard InChI is InChI=1S/C15H19ClN2O/c16-14-4-2-1-3-13(14)15(19)17-9-11-7-8-18(10-11)12-5-6-12/h1-4,11-12H,5-10H2,(H,17,19). The molecule has 19 heavy (non-hydrogen) atoms. The van der Waals surface area contributed by atoms with Crippen LogP contribution >= 0.6 is 11.6 Å². The van der Waals surface area contributed by atoms with E-state index in [1.165, 1.54) is 25.8 Å². The third-order valence-electron chi connectivity index (χ3n) is 4.05. The van der Waals surface area contributed by atoms with Gasteiger partial charge < -0.3 is 10.2 Å². The first-order valence-corrected chi connectivity index (χ1v) is 7.38. The molecule has 1 aliphatic carbocycles. The van der Waals surface area contributed by atoms with E-state index in [0.29, 0.717) is 16.5 Å². The number of nitrogens with one attached hydrogen (secondary N) is 1. The topological polar surface area (TPSA) is 32.3 Å². The SMILES string of the molecule is O=C(NCC1CCN(C2CC2)C1)c1ccccc1Cl. The van der Waals surface area contributed by atoms with Crippen molar-refractivity contribution in [1.82, 2.24) is 10.2 Å². The molecule has 0 bridgehead atoms. The molecule has 1 aromatic rings. The lowest BCUT2D eigenvalue weighted by molar-refractivity contribution is 0.0947. The minimum atomic E-state index is -0.0597. The maximum atomic E-state index is 12.0. The smallest absolute Gasteiger partial charge is 0.252 e. The van der Waals surface area contributed by atoms with Gasteiger partial charge in [0.2, 0.25) is 0 Å². The average Bonchev–Trinajstić information content (AvgIpc) is 3.16. The molecule has 1 N–H and O–H groups in total. The number of hydrogen-bond donors (Lipinski definition) is 1. The summed E-state index contributed by atoms with van der Waals surface area (Å²) in [6.07, 6.45) is 3.91. The Hall–Kier alpha value is -1.06. The second-order valence-electron chi connectivity index (χ2n) is 5.57. The fourth-order valence-electron chi connectivity index (χ4n) is 2.78. The van der Waals surface area contributed by atoms with Crippen molar-refractivity contribution in [3.8, 4) is 0 Å². The normalized spacial score (nSPS) is 23.5. The van der Waals surface area contributed by atoms with E-state index < -0.39 is 0 Å². The molecule has 2 fully saturated rings. The van der Waals surface area contributed by atoms with E-state index in [1.807, 2.05) is 12.1 Å². The lowest BCUT2D eigenvalue weighted by Crippen LogP contribution is -2.31. The van der Waals surface area contributed by atoms with Crippen LogP contribution < -0.4 is 5.32 Å². The fraction of sp³-hybridized carbons (Fsp3) is 0.533. The van der Waals surface area contributed by atoms with Crippen molar-refractivity contribution in [2.45, 2.75) is 25.3 Å². The van der Waals surface area contributed by atoms with Gasteiger partial charge in [-0.05, 0) is 43.9 Å². The van der Waals surface area contributed by atoms with Gasteiger partial charge in [0.15, 0.2) is 0 Å². The molecule has 0 spiro atoms. The summed E-state index contributed by atoms with van der Waals surface area (Å²) in [5.41, 5.74) is 0.571. The van der Waals surface area contributed by atoms with Crippen LogP contribution in [0.25, 0.3) is 0 Å². The van der Waals surface area contributed by atoms with Crippen molar-refractivity contribution in [3.63, 3.8) is 0 Å². The molecule has 1 heterocycles. The van der Waals surface area contributed by atoms with Crippen LogP contribution in [0.2, 0.25) is 5.02 Å². The first kappa shape index (κ1) is 12.9. The van der Waals surface area contributed by atoms with Gasteiger partial charge in [-0.2, -0.15) is 0 Å². The molecule has 102 valence electrons. The average molecular weight is 279 g/mol. The molecule has 0 radical (unpaired) electrons. The zero-order valence-electron chi connectivity index (χ0n) is 10.9. The number of amides is 1. The molecule has 3 nitrogen and oxygen atoms in total. The van der Waals surface area contributed by atoms with E-state index in [1.54, 1.807) is 12.1 Å². The molecule has 0 aromatic heterocycles. The van der Waals surface area contributed by atoms with Gasteiger partial charge in [-0.1, -0.05) is 23.7 Å². The molecule has 1 unspecified atom stereocenters. The summed E-state index contributed by atoms with van der Waals surface area (Å²) in [7, 11) is 0. The summed E-state index contributed by atoms with van der Waals surface area (Å²) in [6.45, 7) is 3.08. The van der Waals surface area contributed by atoms with E-state index in [2.05, 4.69) is 10.2 Å². The van der Waals surface area contributed by atoms with Gasteiger partial charge in [0.05, 0.1) is 10.6 Å². The van der Waals surface area contributed by atoms with Gasteiger partial charge in [0.1, 0.15) is 0 Å². The van der Waals surface area contributed by atoms with Crippen molar-refractivity contribution in [3.05, 3.63) is 34.9 Å². The molecule has 3 rings (SSSR count). The van der Waals surface area contributed by atoms with Gasteiger partial charge in [0, 0.05) is 19.1 Å². The Balaban J connectivity index is 1.50. The monoisotopic (exact) mass is 278 g/mol. The van der Waals surface area contributed by atoms with Crippen molar-refractivity contribution < 1.29 is 4.79 Å². The molecule has 1 amide bonds. The Labute approximate surface area is 118 Å². The molecular formula is C15H19ClN2O. The van der Waals surface area contributed by atoms with E-state index >= 15 is 0 Å². The van der Waals surface area contributed by atoms with E-state index in [0.717, 1.165) is 19.1 Å². The quantitative estimate of drug-likeness (QED) is 0.918. The lowest BCUT2D eigenvalue weighted by Gasteiger charge is -2.15. The highest BCUT2D eigenvalue weighted by atomic mass is 35.5. The van der Waals surface area contributed by atoms with Crippen LogP contribution in [0.3, 0.4) is 0 Å². The Morgan fingerprint density at radius 3 is 2.84 bits per heavy atom. The van der Waals surface area contributed by atoms with Crippen LogP contribution in [0.5, 0.6) is 0 Å². The maximum absolute atomic E-state index is 12.0. The molecule has 1 aliphatic heterocycles. The van der Waals surface area contributed by atoms with Crippen LogP contribution in [0.1, 0.15) is 29.6 Å². The Kier molecular flexibility index (Phi) is 3.76. The summed E-state index contributed by atoms with van der Waals surface area (Å²) in [6, 6.07) is 8.03. The van der Waals surface area contributed by atoms with Gasteiger partial charge in [-0.3, -0.25) is 4.79 Å². The minimum absolute atomic E-state index is 0.0597. The minimum Gasteiger partial charge on any atom is -0.352 e. The number of likely N-dealkylation sites (tertiary alicyclic amines) is 1. The lowest BCUT2D eigenvalue weighted by atomic mass is 10.1. The van der Waals surface area contributed by atoms with Crippen LogP contribution in [-0.2, 0) is 0 Å². The summed E-state index contributed by atoms with van der Waals surface area (Å²) >= 11 is 6.02. The number of rotatable bonds is 4. The molecule has 1 atom stereocenters. The van der Waals surface area contributed by atoms with E-state index in [-0.39, 0.29) is 5.91 Å². The number of carbonyl (C=O) groups excluding carboxylic acids is 1. The third-order valence-corrected chi connectivity index (χ3v) is 4.38. The fourth-order valence-corrected chi connectivity index (χ4v) is 3.00. The van der Waals surface area contributed by atoms with Crippen LogP contribution in [0, 0.1) is 5.92 Å². The molecular weight excluding hydrogens is 260 g/mol. The zero-order valence-corrected chi connectivity index (χ0v) is 11.7. The van der Waals surface area contributed by atoms with Crippen LogP contribution in [0.15, 0.2) is 24.3 Å². The van der Waals surface area contributed by atoms with Gasteiger partial charge >= 0.3 is 0 Å². The molecule has 1 saturated carbocycles. The van der Waals surface area contributed by atoms with Gasteiger partial charge in [-0.25, -0.2) is 0 Å². The first-order valence-electron chi connectivity index (χ1n) is 7.01. The molecule has 2 aliphatic rings. The second kappa shape index (κ2) is 5.51. The Morgan fingerprint density at radius 1 is 1.32 bits per heavy atom. The molecule has 1 aromatic carbocycles. The van der Waals surface area contributed by atoms with Crippen molar-refractivity contribution in [1.29, 1.82) is 0 Å². The maximum Gasteiger partial charge on any atom is 0.252 e. The van der Waals surface area contributed by atoms with Gasteiger partial charge in [-0.15, -0.1) is 0 Å². The third kappa shape index (κ3) is 3.10. The number of nitrogens with zero attached hydrogens (tertiary/aromatic N) is 1. The molecule has 4 heteroatoms. The first-order chi connectivity index (χ1) is 9.24. The highest BCUT2D eigenvalue weighted by molar-refractivity contribution is 6.33. The molecule has 1 saturated heterocycles.